The minimum atomic E-state index is -0.905. The van der Waals surface area contributed by atoms with Crippen LogP contribution in [0.5, 0.6) is 0 Å². The Balaban J connectivity index is 2.38. The van der Waals surface area contributed by atoms with Crippen molar-refractivity contribution in [3.8, 4) is 0 Å². The molecule has 92 valence electrons. The highest BCUT2D eigenvalue weighted by molar-refractivity contribution is 9.10. The molecule has 0 bridgehead atoms. The third-order valence-electron chi connectivity index (χ3n) is 2.62. The fraction of sp³-hybridized carbons (Fsp3) is 0.364. The first-order valence-electron chi connectivity index (χ1n) is 5.18. The fourth-order valence-corrected chi connectivity index (χ4v) is 2.52. The first-order chi connectivity index (χ1) is 8.13. The Labute approximate surface area is 115 Å². The number of aromatic amines is 1. The van der Waals surface area contributed by atoms with Crippen LogP contribution in [-0.4, -0.2) is 31.6 Å². The first-order valence-corrected chi connectivity index (χ1v) is 7.09. The lowest BCUT2D eigenvalue weighted by molar-refractivity contribution is 0.0182. The molecule has 0 aliphatic carbocycles. The average molecular weight is 364 g/mol. The van der Waals surface area contributed by atoms with Crippen molar-refractivity contribution in [3.05, 3.63) is 28.5 Å². The van der Waals surface area contributed by atoms with Gasteiger partial charge in [-0.05, 0) is 28.4 Å². The Bertz CT molecular complexity index is 515. The number of aliphatic hydroxyl groups is 2. The van der Waals surface area contributed by atoms with E-state index in [0.29, 0.717) is 23.0 Å². The predicted octanol–water partition coefficient (Wildman–Crippen LogP) is 2.50. The van der Waals surface area contributed by atoms with Gasteiger partial charge in [-0.15, -0.1) is 0 Å². The van der Waals surface area contributed by atoms with E-state index in [0.717, 1.165) is 9.86 Å². The Morgan fingerprint density at radius 2 is 2.18 bits per heavy atom. The molecule has 0 fully saturated rings. The summed E-state index contributed by atoms with van der Waals surface area (Å²) in [7, 11) is 0. The molecular weight excluding hydrogens is 352 g/mol. The molecule has 17 heavy (non-hydrogen) atoms. The van der Waals surface area contributed by atoms with Crippen molar-refractivity contribution in [3.63, 3.8) is 0 Å². The molecule has 0 aliphatic rings. The molecular formula is C11H12Br2N2O2. The summed E-state index contributed by atoms with van der Waals surface area (Å²) in [6.45, 7) is 0. The molecule has 3 N–H and O–H groups in total. The van der Waals surface area contributed by atoms with Gasteiger partial charge in [-0.25, -0.2) is 4.98 Å². The second-order valence-electron chi connectivity index (χ2n) is 3.78. The summed E-state index contributed by atoms with van der Waals surface area (Å²) in [5.74, 6) is 0. The summed E-state index contributed by atoms with van der Waals surface area (Å²) in [4.78, 5) is 7.16. The number of alkyl halides is 1. The van der Waals surface area contributed by atoms with Crippen molar-refractivity contribution in [2.75, 3.05) is 5.33 Å². The van der Waals surface area contributed by atoms with Gasteiger partial charge in [0.15, 0.2) is 0 Å². The predicted molar refractivity (Wildman–Crippen MR) is 73.2 cm³/mol. The molecule has 0 saturated heterocycles. The van der Waals surface area contributed by atoms with Gasteiger partial charge in [0.1, 0.15) is 11.8 Å². The lowest BCUT2D eigenvalue weighted by atomic mass is 10.0. The lowest BCUT2D eigenvalue weighted by Gasteiger charge is -2.16. The van der Waals surface area contributed by atoms with Crippen molar-refractivity contribution < 1.29 is 10.2 Å². The van der Waals surface area contributed by atoms with E-state index in [2.05, 4.69) is 41.8 Å². The monoisotopic (exact) mass is 362 g/mol. The van der Waals surface area contributed by atoms with Gasteiger partial charge in [-0.2, -0.15) is 0 Å². The molecule has 2 atom stereocenters. The van der Waals surface area contributed by atoms with Crippen LogP contribution in [0, 0.1) is 0 Å². The maximum atomic E-state index is 10.1. The van der Waals surface area contributed by atoms with Crippen LogP contribution in [0.2, 0.25) is 0 Å². The molecule has 2 unspecified atom stereocenters. The number of nitrogens with one attached hydrogen (secondary N) is 1. The van der Waals surface area contributed by atoms with Gasteiger partial charge in [0, 0.05) is 33.1 Å². The summed E-state index contributed by atoms with van der Waals surface area (Å²) in [5, 5.41) is 21.3. The Morgan fingerprint density at radius 3 is 2.88 bits per heavy atom. The number of hydrogen-bond acceptors (Lipinski definition) is 3. The summed E-state index contributed by atoms with van der Waals surface area (Å²) in [5.41, 5.74) is 1.37. The topological polar surface area (TPSA) is 69.1 Å². The molecule has 2 aromatic heterocycles. The van der Waals surface area contributed by atoms with E-state index in [1.165, 1.54) is 0 Å². The van der Waals surface area contributed by atoms with Gasteiger partial charge in [0.2, 0.25) is 0 Å². The number of nitrogens with zero attached hydrogens (tertiary/aromatic N) is 1. The van der Waals surface area contributed by atoms with Gasteiger partial charge < -0.3 is 15.2 Å². The van der Waals surface area contributed by atoms with Gasteiger partial charge >= 0.3 is 0 Å². The quantitative estimate of drug-likeness (QED) is 0.731. The zero-order chi connectivity index (χ0) is 12.4. The molecule has 2 aromatic rings. The largest absolute Gasteiger partial charge is 0.390 e. The second-order valence-corrected chi connectivity index (χ2v) is 5.49. The normalized spacial score (nSPS) is 15.1. The maximum Gasteiger partial charge on any atom is 0.137 e. The molecule has 0 aromatic carbocycles. The van der Waals surface area contributed by atoms with E-state index in [1.807, 2.05) is 6.07 Å². The highest BCUT2D eigenvalue weighted by Gasteiger charge is 2.21. The van der Waals surface area contributed by atoms with E-state index < -0.39 is 12.2 Å². The highest BCUT2D eigenvalue weighted by Crippen LogP contribution is 2.28. The van der Waals surface area contributed by atoms with Crippen LogP contribution in [0.4, 0.5) is 0 Å². The third kappa shape index (κ3) is 2.70. The van der Waals surface area contributed by atoms with Crippen LogP contribution in [0.25, 0.3) is 11.0 Å². The molecule has 0 amide bonds. The first kappa shape index (κ1) is 13.0. The van der Waals surface area contributed by atoms with Crippen molar-refractivity contribution in [1.82, 2.24) is 9.97 Å². The number of aliphatic hydroxyl groups excluding tert-OH is 2. The molecule has 0 aliphatic heterocycles. The van der Waals surface area contributed by atoms with Crippen LogP contribution in [0.3, 0.4) is 0 Å². The van der Waals surface area contributed by atoms with E-state index in [1.54, 1.807) is 12.4 Å². The molecule has 0 spiro atoms. The van der Waals surface area contributed by atoms with E-state index in [9.17, 15) is 10.2 Å². The fourth-order valence-electron chi connectivity index (χ4n) is 1.72. The smallest absolute Gasteiger partial charge is 0.137 e. The number of hydrogen-bond donors (Lipinski definition) is 3. The van der Waals surface area contributed by atoms with Crippen molar-refractivity contribution >= 4 is 42.9 Å². The molecule has 2 rings (SSSR count). The molecule has 6 heteroatoms. The van der Waals surface area contributed by atoms with Gasteiger partial charge in [-0.3, -0.25) is 0 Å². The number of pyridine rings is 1. The summed E-state index contributed by atoms with van der Waals surface area (Å²) in [6.07, 6.45) is 2.18. The lowest BCUT2D eigenvalue weighted by Crippen LogP contribution is -2.18. The Hall–Kier alpha value is -0.430. The average Bonchev–Trinajstić information content (AvgIpc) is 2.71. The van der Waals surface area contributed by atoms with E-state index in [4.69, 9.17) is 0 Å². The zero-order valence-electron chi connectivity index (χ0n) is 8.90. The molecule has 0 radical (unpaired) electrons. The summed E-state index contributed by atoms with van der Waals surface area (Å²) < 4.78 is 0.841. The summed E-state index contributed by atoms with van der Waals surface area (Å²) in [6, 6.07) is 1.87. The van der Waals surface area contributed by atoms with Crippen LogP contribution >= 0.6 is 31.9 Å². The molecule has 0 saturated carbocycles. The summed E-state index contributed by atoms with van der Waals surface area (Å²) >= 11 is 6.58. The van der Waals surface area contributed by atoms with Crippen LogP contribution < -0.4 is 0 Å². The molecule has 2 heterocycles. The van der Waals surface area contributed by atoms with Gasteiger partial charge in [-0.1, -0.05) is 15.9 Å². The maximum absolute atomic E-state index is 10.1. The van der Waals surface area contributed by atoms with Crippen LogP contribution in [-0.2, 0) is 0 Å². The number of H-pyrrole nitrogens is 1. The zero-order valence-corrected chi connectivity index (χ0v) is 12.1. The van der Waals surface area contributed by atoms with Crippen molar-refractivity contribution in [1.29, 1.82) is 0 Å². The number of aromatic nitrogens is 2. The van der Waals surface area contributed by atoms with Crippen LogP contribution in [0.1, 0.15) is 18.1 Å². The number of halogens is 2. The van der Waals surface area contributed by atoms with Crippen LogP contribution in [0.15, 0.2) is 22.9 Å². The van der Waals surface area contributed by atoms with E-state index >= 15 is 0 Å². The minimum absolute atomic E-state index is 0.495. The van der Waals surface area contributed by atoms with Gasteiger partial charge in [0.25, 0.3) is 0 Å². The highest BCUT2D eigenvalue weighted by atomic mass is 79.9. The minimum Gasteiger partial charge on any atom is -0.390 e. The number of rotatable bonds is 4. The van der Waals surface area contributed by atoms with Gasteiger partial charge in [0.05, 0.1) is 6.10 Å². The number of fused-ring (bicyclic) bond motifs is 1. The van der Waals surface area contributed by atoms with E-state index in [-0.39, 0.29) is 0 Å². The third-order valence-corrected chi connectivity index (χ3v) is 3.51. The van der Waals surface area contributed by atoms with Crippen molar-refractivity contribution in [2.24, 2.45) is 0 Å². The SMILES string of the molecule is OC(CCBr)C(O)c1c[nH]c2ncc(Br)cc12. The second kappa shape index (κ2) is 5.48. The standard InChI is InChI=1S/C11H12Br2N2O2/c12-2-1-9(16)10(17)8-5-15-11-7(8)3-6(13)4-14-11/h3-5,9-10,16-17H,1-2H2,(H,14,15). The molecule has 4 nitrogen and oxygen atoms in total. The van der Waals surface area contributed by atoms with Crippen molar-refractivity contribution in [2.45, 2.75) is 18.6 Å². The Kier molecular flexibility index (Phi) is 4.19. The Morgan fingerprint density at radius 1 is 1.41 bits per heavy atom.